The number of aryl methyl sites for hydroxylation is 1. The van der Waals surface area contributed by atoms with Crippen molar-refractivity contribution in [3.05, 3.63) is 47.2 Å². The molecule has 0 saturated heterocycles. The molecular weight excluding hydrogens is 271 g/mol. The van der Waals surface area contributed by atoms with Crippen molar-refractivity contribution in [2.45, 2.75) is 19.6 Å². The Morgan fingerprint density at radius 3 is 2.70 bits per heavy atom. The predicted octanol–water partition coefficient (Wildman–Crippen LogP) is 3.49. The van der Waals surface area contributed by atoms with E-state index in [1.165, 1.54) is 18.3 Å². The Kier molecular flexibility index (Phi) is 3.66. The molecule has 2 aromatic rings. The van der Waals surface area contributed by atoms with E-state index in [1.54, 1.807) is 6.92 Å². The van der Waals surface area contributed by atoms with Gasteiger partial charge in [-0.3, -0.25) is 0 Å². The van der Waals surface area contributed by atoms with E-state index in [1.807, 2.05) is 0 Å². The van der Waals surface area contributed by atoms with Crippen LogP contribution in [0.3, 0.4) is 0 Å². The lowest BCUT2D eigenvalue weighted by molar-refractivity contribution is -0.137. The zero-order valence-corrected chi connectivity index (χ0v) is 10.5. The van der Waals surface area contributed by atoms with Gasteiger partial charge in [0.05, 0.1) is 29.9 Å². The minimum absolute atomic E-state index is 0.164. The first kappa shape index (κ1) is 13.9. The van der Waals surface area contributed by atoms with Crippen LogP contribution in [0.2, 0.25) is 0 Å². The van der Waals surface area contributed by atoms with E-state index in [4.69, 9.17) is 9.68 Å². The Balaban J connectivity index is 2.19. The number of aromatic nitrogens is 1. The maximum absolute atomic E-state index is 12.8. The largest absolute Gasteiger partial charge is 0.444 e. The Bertz CT molecular complexity index is 656. The monoisotopic (exact) mass is 281 g/mol. The smallest absolute Gasteiger partial charge is 0.417 e. The molecule has 7 heteroatoms. The Morgan fingerprint density at radius 2 is 2.15 bits per heavy atom. The van der Waals surface area contributed by atoms with Crippen LogP contribution in [0.1, 0.15) is 22.8 Å². The molecule has 0 amide bonds. The Hall–Kier alpha value is -2.49. The second-order valence-corrected chi connectivity index (χ2v) is 4.09. The van der Waals surface area contributed by atoms with Gasteiger partial charge in [0.15, 0.2) is 0 Å². The van der Waals surface area contributed by atoms with Crippen molar-refractivity contribution < 1.29 is 17.6 Å². The van der Waals surface area contributed by atoms with Gasteiger partial charge in [-0.2, -0.15) is 18.4 Å². The third-order valence-corrected chi connectivity index (χ3v) is 2.56. The molecule has 1 aromatic heterocycles. The summed E-state index contributed by atoms with van der Waals surface area (Å²) < 4.78 is 43.5. The molecule has 0 aliphatic carbocycles. The van der Waals surface area contributed by atoms with Crippen LogP contribution >= 0.6 is 0 Å². The summed E-state index contributed by atoms with van der Waals surface area (Å²) >= 11 is 0. The van der Waals surface area contributed by atoms with Crippen molar-refractivity contribution >= 4 is 5.69 Å². The average molecular weight is 281 g/mol. The first-order valence-electron chi connectivity index (χ1n) is 5.66. The number of nitriles is 1. The normalized spacial score (nSPS) is 11.2. The van der Waals surface area contributed by atoms with Crippen LogP contribution in [-0.4, -0.2) is 4.98 Å². The number of rotatable bonds is 3. The molecule has 0 spiro atoms. The van der Waals surface area contributed by atoms with Gasteiger partial charge < -0.3 is 9.73 Å². The zero-order valence-electron chi connectivity index (χ0n) is 10.5. The molecule has 104 valence electrons. The summed E-state index contributed by atoms with van der Waals surface area (Å²) in [7, 11) is 0. The number of halogens is 3. The number of alkyl halides is 3. The second kappa shape index (κ2) is 5.25. The summed E-state index contributed by atoms with van der Waals surface area (Å²) in [6.45, 7) is 1.89. The number of benzene rings is 1. The first-order chi connectivity index (χ1) is 9.40. The molecule has 0 aliphatic heterocycles. The number of nitrogens with zero attached hydrogens (tertiary/aromatic N) is 2. The molecule has 20 heavy (non-hydrogen) atoms. The van der Waals surface area contributed by atoms with Gasteiger partial charge in [-0.25, -0.2) is 4.98 Å². The van der Waals surface area contributed by atoms with E-state index in [2.05, 4.69) is 10.3 Å². The topological polar surface area (TPSA) is 61.9 Å². The van der Waals surface area contributed by atoms with Crippen LogP contribution in [0, 0.1) is 18.3 Å². The highest BCUT2D eigenvalue weighted by molar-refractivity contribution is 5.53. The molecule has 2 rings (SSSR count). The molecule has 0 unspecified atom stereocenters. The average Bonchev–Trinajstić information content (AvgIpc) is 2.81. The van der Waals surface area contributed by atoms with Crippen molar-refractivity contribution in [1.29, 1.82) is 5.26 Å². The minimum Gasteiger partial charge on any atom is -0.444 e. The highest BCUT2D eigenvalue weighted by atomic mass is 19.4. The van der Waals surface area contributed by atoms with Crippen molar-refractivity contribution in [3.8, 4) is 6.07 Å². The van der Waals surface area contributed by atoms with Gasteiger partial charge in [0.1, 0.15) is 5.76 Å². The molecule has 0 radical (unpaired) electrons. The number of nitrogens with one attached hydrogen (secondary N) is 1. The molecule has 1 aromatic carbocycles. The predicted molar refractivity (Wildman–Crippen MR) is 64.7 cm³/mol. The van der Waals surface area contributed by atoms with Gasteiger partial charge in [0, 0.05) is 5.69 Å². The van der Waals surface area contributed by atoms with Gasteiger partial charge in [-0.05, 0) is 25.1 Å². The van der Waals surface area contributed by atoms with Gasteiger partial charge in [0.25, 0.3) is 0 Å². The first-order valence-corrected chi connectivity index (χ1v) is 5.66. The number of oxazole rings is 1. The van der Waals surface area contributed by atoms with Crippen LogP contribution < -0.4 is 5.32 Å². The Labute approximate surface area is 112 Å². The summed E-state index contributed by atoms with van der Waals surface area (Å²) in [6.07, 6.45) is -3.04. The van der Waals surface area contributed by atoms with E-state index in [9.17, 15) is 13.2 Å². The number of hydrogen-bond acceptors (Lipinski definition) is 4. The third-order valence-electron chi connectivity index (χ3n) is 2.56. The summed E-state index contributed by atoms with van der Waals surface area (Å²) in [5.74, 6) is 0.998. The lowest BCUT2D eigenvalue weighted by Crippen LogP contribution is -2.09. The van der Waals surface area contributed by atoms with Crippen LogP contribution in [0.15, 0.2) is 28.8 Å². The molecule has 0 saturated carbocycles. The summed E-state index contributed by atoms with van der Waals surface area (Å²) in [4.78, 5) is 3.93. The maximum Gasteiger partial charge on any atom is 0.417 e. The van der Waals surface area contributed by atoms with Crippen molar-refractivity contribution in [3.63, 3.8) is 0 Å². The molecule has 0 bridgehead atoms. The Morgan fingerprint density at radius 1 is 1.40 bits per heavy atom. The third kappa shape index (κ3) is 3.09. The van der Waals surface area contributed by atoms with E-state index >= 15 is 0 Å². The van der Waals surface area contributed by atoms with Gasteiger partial charge in [-0.1, -0.05) is 0 Å². The van der Waals surface area contributed by atoms with Crippen molar-refractivity contribution in [2.24, 2.45) is 0 Å². The van der Waals surface area contributed by atoms with Crippen LogP contribution in [-0.2, 0) is 12.7 Å². The molecule has 1 heterocycles. The quantitative estimate of drug-likeness (QED) is 0.935. The van der Waals surface area contributed by atoms with Crippen molar-refractivity contribution in [2.75, 3.05) is 5.32 Å². The number of hydrogen-bond donors (Lipinski definition) is 1. The second-order valence-electron chi connectivity index (χ2n) is 4.09. The van der Waals surface area contributed by atoms with E-state index in [-0.39, 0.29) is 12.2 Å². The lowest BCUT2D eigenvalue weighted by Gasteiger charge is -2.11. The molecular formula is C13H10F3N3O. The van der Waals surface area contributed by atoms with E-state index < -0.39 is 17.3 Å². The van der Waals surface area contributed by atoms with Crippen LogP contribution in [0.4, 0.5) is 18.9 Å². The molecule has 4 nitrogen and oxygen atoms in total. The summed E-state index contributed by atoms with van der Waals surface area (Å²) in [5.41, 5.74) is -1.13. The molecule has 0 atom stereocenters. The minimum atomic E-state index is -4.57. The van der Waals surface area contributed by atoms with Gasteiger partial charge in [-0.15, -0.1) is 0 Å². The fourth-order valence-corrected chi connectivity index (χ4v) is 1.65. The van der Waals surface area contributed by atoms with Gasteiger partial charge >= 0.3 is 6.18 Å². The van der Waals surface area contributed by atoms with Crippen LogP contribution in [0.25, 0.3) is 0 Å². The van der Waals surface area contributed by atoms with Gasteiger partial charge in [0.2, 0.25) is 5.89 Å². The standard InChI is InChI=1S/C13H10F3N3O/c1-8-6-19-12(20-8)7-18-10-3-2-9(5-17)11(4-10)13(14,15)16/h2-4,6,18H,7H2,1H3. The SMILES string of the molecule is Cc1cnc(CNc2ccc(C#N)c(C(F)(F)F)c2)o1. The van der Waals surface area contributed by atoms with Crippen LogP contribution in [0.5, 0.6) is 0 Å². The highest BCUT2D eigenvalue weighted by Crippen LogP contribution is 2.33. The summed E-state index contributed by atoms with van der Waals surface area (Å²) in [6, 6.07) is 4.96. The summed E-state index contributed by atoms with van der Waals surface area (Å²) in [5, 5.41) is 11.5. The maximum atomic E-state index is 12.8. The van der Waals surface area contributed by atoms with E-state index in [0.29, 0.717) is 11.7 Å². The molecule has 0 fully saturated rings. The van der Waals surface area contributed by atoms with E-state index in [0.717, 1.165) is 12.1 Å². The fraction of sp³-hybridized carbons (Fsp3) is 0.231. The zero-order chi connectivity index (χ0) is 14.8. The lowest BCUT2D eigenvalue weighted by atomic mass is 10.1. The fourth-order valence-electron chi connectivity index (χ4n) is 1.65. The highest BCUT2D eigenvalue weighted by Gasteiger charge is 2.33. The number of anilines is 1. The molecule has 1 N–H and O–H groups in total. The van der Waals surface area contributed by atoms with Crippen molar-refractivity contribution in [1.82, 2.24) is 4.98 Å². The molecule has 0 aliphatic rings.